The molecule has 0 aliphatic carbocycles. The SMILES string of the molecule is CC(C)C(NC(=O)Cc1ccccc1)C(=O)NCc1ccc(N2CCCC2)nc1. The minimum absolute atomic E-state index is 0.00890. The maximum absolute atomic E-state index is 12.7. The summed E-state index contributed by atoms with van der Waals surface area (Å²) in [6.07, 6.45) is 4.50. The van der Waals surface area contributed by atoms with Crippen LogP contribution in [0.25, 0.3) is 0 Å². The van der Waals surface area contributed by atoms with Gasteiger partial charge in [0, 0.05) is 25.8 Å². The third-order valence-electron chi connectivity index (χ3n) is 5.18. The van der Waals surface area contributed by atoms with Crippen molar-refractivity contribution in [3.8, 4) is 0 Å². The largest absolute Gasteiger partial charge is 0.357 e. The molecule has 1 aromatic carbocycles. The zero-order valence-corrected chi connectivity index (χ0v) is 17.2. The lowest BCUT2D eigenvalue weighted by Gasteiger charge is -2.22. The first kappa shape index (κ1) is 20.8. The van der Waals surface area contributed by atoms with Crippen molar-refractivity contribution >= 4 is 17.6 Å². The number of hydrogen-bond acceptors (Lipinski definition) is 4. The van der Waals surface area contributed by atoms with Crippen LogP contribution < -0.4 is 15.5 Å². The van der Waals surface area contributed by atoms with Crippen LogP contribution in [-0.4, -0.2) is 35.9 Å². The van der Waals surface area contributed by atoms with Gasteiger partial charge in [-0.25, -0.2) is 4.98 Å². The number of pyridine rings is 1. The molecule has 6 nitrogen and oxygen atoms in total. The number of carbonyl (C=O) groups excluding carboxylic acids is 2. The van der Waals surface area contributed by atoms with E-state index in [4.69, 9.17) is 0 Å². The van der Waals surface area contributed by atoms with Gasteiger partial charge in [0.05, 0.1) is 6.42 Å². The number of anilines is 1. The molecule has 1 saturated heterocycles. The molecule has 1 aliphatic rings. The van der Waals surface area contributed by atoms with Gasteiger partial charge < -0.3 is 15.5 Å². The van der Waals surface area contributed by atoms with Gasteiger partial charge in [0.2, 0.25) is 11.8 Å². The number of amides is 2. The standard InChI is InChI=1S/C23H30N4O2/c1-17(2)22(26-21(28)14-18-8-4-3-5-9-18)23(29)25-16-19-10-11-20(24-15-19)27-12-6-7-13-27/h3-5,8-11,15,17,22H,6-7,12-14,16H2,1-2H3,(H,25,29)(H,26,28). The van der Waals surface area contributed by atoms with E-state index in [1.807, 2.05) is 62.5 Å². The second kappa shape index (κ2) is 10.0. The van der Waals surface area contributed by atoms with Gasteiger partial charge in [0.15, 0.2) is 0 Å². The highest BCUT2D eigenvalue weighted by molar-refractivity contribution is 5.88. The lowest BCUT2D eigenvalue weighted by atomic mass is 10.0. The molecule has 2 aromatic rings. The second-order valence-electron chi connectivity index (χ2n) is 7.89. The molecule has 1 aliphatic heterocycles. The van der Waals surface area contributed by atoms with Crippen LogP contribution in [0.4, 0.5) is 5.82 Å². The fourth-order valence-corrected chi connectivity index (χ4v) is 3.49. The van der Waals surface area contributed by atoms with Gasteiger partial charge in [-0.2, -0.15) is 0 Å². The summed E-state index contributed by atoms with van der Waals surface area (Å²) in [7, 11) is 0. The minimum atomic E-state index is -0.567. The number of nitrogens with one attached hydrogen (secondary N) is 2. The Kier molecular flexibility index (Phi) is 7.22. The Morgan fingerprint density at radius 1 is 1.03 bits per heavy atom. The molecule has 1 atom stereocenters. The van der Waals surface area contributed by atoms with Crippen molar-refractivity contribution in [1.82, 2.24) is 15.6 Å². The molecule has 29 heavy (non-hydrogen) atoms. The lowest BCUT2D eigenvalue weighted by molar-refractivity contribution is -0.129. The van der Waals surface area contributed by atoms with Gasteiger partial charge in [-0.05, 0) is 36.0 Å². The Bertz CT molecular complexity index is 799. The summed E-state index contributed by atoms with van der Waals surface area (Å²) < 4.78 is 0. The van der Waals surface area contributed by atoms with Crippen molar-refractivity contribution in [3.63, 3.8) is 0 Å². The fraction of sp³-hybridized carbons (Fsp3) is 0.435. The first-order valence-electron chi connectivity index (χ1n) is 10.3. The maximum atomic E-state index is 12.7. The van der Waals surface area contributed by atoms with Crippen LogP contribution in [0, 0.1) is 5.92 Å². The maximum Gasteiger partial charge on any atom is 0.243 e. The Labute approximate surface area is 172 Å². The Balaban J connectivity index is 1.51. The zero-order chi connectivity index (χ0) is 20.6. The molecule has 3 rings (SSSR count). The van der Waals surface area contributed by atoms with Crippen molar-refractivity contribution in [3.05, 3.63) is 59.8 Å². The molecule has 1 unspecified atom stereocenters. The molecule has 2 heterocycles. The van der Waals surface area contributed by atoms with Crippen LogP contribution in [0.3, 0.4) is 0 Å². The molecule has 1 fully saturated rings. The zero-order valence-electron chi connectivity index (χ0n) is 17.2. The van der Waals surface area contributed by atoms with Gasteiger partial charge in [0.1, 0.15) is 11.9 Å². The van der Waals surface area contributed by atoms with Gasteiger partial charge in [0.25, 0.3) is 0 Å². The predicted molar refractivity (Wildman–Crippen MR) is 114 cm³/mol. The van der Waals surface area contributed by atoms with Crippen molar-refractivity contribution in [2.45, 2.75) is 45.7 Å². The number of hydrogen-bond donors (Lipinski definition) is 2. The highest BCUT2D eigenvalue weighted by Gasteiger charge is 2.24. The topological polar surface area (TPSA) is 74.3 Å². The Morgan fingerprint density at radius 3 is 2.38 bits per heavy atom. The molecular formula is C23H30N4O2. The van der Waals surface area contributed by atoms with E-state index in [-0.39, 0.29) is 24.2 Å². The van der Waals surface area contributed by atoms with Crippen LogP contribution in [0.5, 0.6) is 0 Å². The molecule has 0 spiro atoms. The Morgan fingerprint density at radius 2 is 1.76 bits per heavy atom. The highest BCUT2D eigenvalue weighted by Crippen LogP contribution is 2.17. The van der Waals surface area contributed by atoms with Crippen LogP contribution in [0.15, 0.2) is 48.7 Å². The van der Waals surface area contributed by atoms with Gasteiger partial charge in [-0.3, -0.25) is 9.59 Å². The van der Waals surface area contributed by atoms with E-state index in [1.54, 1.807) is 0 Å². The minimum Gasteiger partial charge on any atom is -0.357 e. The van der Waals surface area contributed by atoms with E-state index in [9.17, 15) is 9.59 Å². The summed E-state index contributed by atoms with van der Waals surface area (Å²) in [6, 6.07) is 13.0. The smallest absolute Gasteiger partial charge is 0.243 e. The molecule has 154 valence electrons. The molecule has 0 radical (unpaired) electrons. The van der Waals surface area contributed by atoms with Crippen molar-refractivity contribution in [1.29, 1.82) is 0 Å². The highest BCUT2D eigenvalue weighted by atomic mass is 16.2. The third-order valence-corrected chi connectivity index (χ3v) is 5.18. The molecule has 0 saturated carbocycles. The lowest BCUT2D eigenvalue weighted by Crippen LogP contribution is -2.49. The van der Waals surface area contributed by atoms with E-state index in [0.29, 0.717) is 6.54 Å². The van der Waals surface area contributed by atoms with Crippen LogP contribution in [-0.2, 0) is 22.6 Å². The molecule has 0 bridgehead atoms. The summed E-state index contributed by atoms with van der Waals surface area (Å²) in [5.41, 5.74) is 1.87. The summed E-state index contributed by atoms with van der Waals surface area (Å²) in [4.78, 5) is 31.8. The third kappa shape index (κ3) is 6.04. The van der Waals surface area contributed by atoms with Crippen molar-refractivity contribution in [2.24, 2.45) is 5.92 Å². The van der Waals surface area contributed by atoms with Crippen LogP contribution in [0.1, 0.15) is 37.8 Å². The summed E-state index contributed by atoms with van der Waals surface area (Å²) in [6.45, 7) is 6.37. The number of rotatable bonds is 8. The normalized spacial score (nSPS) is 14.7. The van der Waals surface area contributed by atoms with Crippen molar-refractivity contribution in [2.75, 3.05) is 18.0 Å². The van der Waals surface area contributed by atoms with E-state index in [0.717, 1.165) is 30.0 Å². The van der Waals surface area contributed by atoms with Gasteiger partial charge >= 0.3 is 0 Å². The molecular weight excluding hydrogens is 364 g/mol. The number of carbonyl (C=O) groups is 2. The molecule has 1 aromatic heterocycles. The predicted octanol–water partition coefficient (Wildman–Crippen LogP) is 2.68. The van der Waals surface area contributed by atoms with Gasteiger partial charge in [-0.1, -0.05) is 50.2 Å². The first-order valence-corrected chi connectivity index (χ1v) is 10.3. The molecule has 6 heteroatoms. The monoisotopic (exact) mass is 394 g/mol. The fourth-order valence-electron chi connectivity index (χ4n) is 3.49. The average molecular weight is 395 g/mol. The van der Waals surface area contributed by atoms with E-state index in [1.165, 1.54) is 12.8 Å². The van der Waals surface area contributed by atoms with Crippen molar-refractivity contribution < 1.29 is 9.59 Å². The quantitative estimate of drug-likeness (QED) is 0.722. The van der Waals surface area contributed by atoms with Crippen LogP contribution >= 0.6 is 0 Å². The first-order chi connectivity index (χ1) is 14.0. The summed E-state index contributed by atoms with van der Waals surface area (Å²) in [5.74, 6) is 0.655. The van der Waals surface area contributed by atoms with Gasteiger partial charge in [-0.15, -0.1) is 0 Å². The Hall–Kier alpha value is -2.89. The summed E-state index contributed by atoms with van der Waals surface area (Å²) in [5, 5.41) is 5.81. The van der Waals surface area contributed by atoms with E-state index >= 15 is 0 Å². The summed E-state index contributed by atoms with van der Waals surface area (Å²) >= 11 is 0. The van der Waals surface area contributed by atoms with Crippen LogP contribution in [0.2, 0.25) is 0 Å². The number of aromatic nitrogens is 1. The second-order valence-corrected chi connectivity index (χ2v) is 7.89. The van der Waals surface area contributed by atoms with E-state index in [2.05, 4.69) is 20.5 Å². The molecule has 2 N–H and O–H groups in total. The van der Waals surface area contributed by atoms with E-state index < -0.39 is 6.04 Å². The molecule has 2 amide bonds. The number of benzene rings is 1. The average Bonchev–Trinajstić information content (AvgIpc) is 3.26. The number of nitrogens with zero attached hydrogens (tertiary/aromatic N) is 2.